The first-order chi connectivity index (χ1) is 10.0. The van der Waals surface area contributed by atoms with Gasteiger partial charge in [0.05, 0.1) is 6.26 Å². The molecular weight excluding hydrogens is 264 g/mol. The zero-order chi connectivity index (χ0) is 15.0. The van der Waals surface area contributed by atoms with Gasteiger partial charge in [-0.05, 0) is 31.7 Å². The summed E-state index contributed by atoms with van der Waals surface area (Å²) in [6.07, 6.45) is 6.91. The quantitative estimate of drug-likeness (QED) is 0.922. The minimum Gasteiger partial charge on any atom is -0.469 e. The van der Waals surface area contributed by atoms with Gasteiger partial charge in [-0.1, -0.05) is 26.7 Å². The Morgan fingerprint density at radius 2 is 2.19 bits per heavy atom. The number of likely N-dealkylation sites (tertiary alicyclic amines) is 1. The Morgan fingerprint density at radius 3 is 2.76 bits per heavy atom. The molecule has 3 rings (SSSR count). The van der Waals surface area contributed by atoms with Crippen molar-refractivity contribution >= 4 is 6.03 Å². The van der Waals surface area contributed by atoms with E-state index in [1.807, 2.05) is 17.9 Å². The smallest absolute Gasteiger partial charge is 0.317 e. The first-order valence-electron chi connectivity index (χ1n) is 8.11. The molecule has 2 fully saturated rings. The highest BCUT2D eigenvalue weighted by Gasteiger charge is 2.56. The number of nitrogens with one attached hydrogen (secondary N) is 1. The third-order valence-electron chi connectivity index (χ3n) is 5.34. The van der Waals surface area contributed by atoms with Crippen LogP contribution in [0.4, 0.5) is 4.79 Å². The summed E-state index contributed by atoms with van der Waals surface area (Å²) < 4.78 is 5.27. The van der Waals surface area contributed by atoms with Crippen LogP contribution in [0.1, 0.15) is 50.9 Å². The van der Waals surface area contributed by atoms with Crippen molar-refractivity contribution in [1.29, 1.82) is 0 Å². The van der Waals surface area contributed by atoms with Crippen LogP contribution in [-0.4, -0.2) is 23.5 Å². The normalized spacial score (nSPS) is 23.6. The van der Waals surface area contributed by atoms with Gasteiger partial charge in [-0.2, -0.15) is 0 Å². The van der Waals surface area contributed by atoms with Crippen LogP contribution in [0.15, 0.2) is 16.7 Å². The third kappa shape index (κ3) is 2.45. The SMILES string of the molecule is Cc1occc1CNC(=O)N1CC2(CCCC2)C1C(C)C. The molecule has 21 heavy (non-hydrogen) atoms. The van der Waals surface area contributed by atoms with Gasteiger partial charge >= 0.3 is 6.03 Å². The monoisotopic (exact) mass is 290 g/mol. The van der Waals surface area contributed by atoms with Crippen molar-refractivity contribution in [2.24, 2.45) is 11.3 Å². The van der Waals surface area contributed by atoms with Crippen LogP contribution in [0, 0.1) is 18.3 Å². The van der Waals surface area contributed by atoms with Gasteiger partial charge in [-0.3, -0.25) is 0 Å². The predicted octanol–water partition coefficient (Wildman–Crippen LogP) is 3.70. The van der Waals surface area contributed by atoms with E-state index >= 15 is 0 Å². The molecule has 4 nitrogen and oxygen atoms in total. The fraction of sp³-hybridized carbons (Fsp3) is 0.706. The highest BCUT2D eigenvalue weighted by Crippen LogP contribution is 2.52. The molecule has 1 spiro atoms. The molecule has 1 N–H and O–H groups in total. The van der Waals surface area contributed by atoms with E-state index in [1.54, 1.807) is 6.26 Å². The molecule has 1 aliphatic carbocycles. The summed E-state index contributed by atoms with van der Waals surface area (Å²) in [7, 11) is 0. The Bertz CT molecular complexity index is 515. The zero-order valence-electron chi connectivity index (χ0n) is 13.3. The van der Waals surface area contributed by atoms with Crippen molar-refractivity contribution in [2.75, 3.05) is 6.54 Å². The fourth-order valence-electron chi connectivity index (χ4n) is 4.41. The van der Waals surface area contributed by atoms with Gasteiger partial charge in [-0.25, -0.2) is 4.79 Å². The molecule has 2 heterocycles. The topological polar surface area (TPSA) is 45.5 Å². The van der Waals surface area contributed by atoms with Crippen LogP contribution in [0.2, 0.25) is 0 Å². The van der Waals surface area contributed by atoms with Crippen molar-refractivity contribution in [3.8, 4) is 0 Å². The Labute approximate surface area is 126 Å². The maximum atomic E-state index is 12.5. The highest BCUT2D eigenvalue weighted by molar-refractivity contribution is 5.76. The number of hydrogen-bond donors (Lipinski definition) is 1. The number of urea groups is 1. The van der Waals surface area contributed by atoms with Gasteiger partial charge in [-0.15, -0.1) is 0 Å². The fourth-order valence-corrected chi connectivity index (χ4v) is 4.41. The molecular formula is C17H26N2O2. The Hall–Kier alpha value is -1.45. The first-order valence-corrected chi connectivity index (χ1v) is 8.11. The lowest BCUT2D eigenvalue weighted by molar-refractivity contribution is -0.0616. The van der Waals surface area contributed by atoms with Gasteiger partial charge in [0.1, 0.15) is 5.76 Å². The molecule has 2 amide bonds. The van der Waals surface area contributed by atoms with Crippen LogP contribution >= 0.6 is 0 Å². The van der Waals surface area contributed by atoms with E-state index in [1.165, 1.54) is 25.7 Å². The van der Waals surface area contributed by atoms with Gasteiger partial charge in [0.25, 0.3) is 0 Å². The van der Waals surface area contributed by atoms with Gasteiger partial charge < -0.3 is 14.6 Å². The first kappa shape index (κ1) is 14.5. The lowest BCUT2D eigenvalue weighted by atomic mass is 9.66. The van der Waals surface area contributed by atoms with Crippen LogP contribution < -0.4 is 5.32 Å². The second kappa shape index (κ2) is 5.39. The molecule has 1 aliphatic heterocycles. The summed E-state index contributed by atoms with van der Waals surface area (Å²) in [5.41, 5.74) is 1.47. The lowest BCUT2D eigenvalue weighted by Gasteiger charge is -2.58. The highest BCUT2D eigenvalue weighted by atomic mass is 16.3. The summed E-state index contributed by atoms with van der Waals surface area (Å²) in [5.74, 6) is 1.41. The number of rotatable bonds is 3. The molecule has 1 saturated carbocycles. The summed E-state index contributed by atoms with van der Waals surface area (Å²) in [6, 6.07) is 2.40. The summed E-state index contributed by atoms with van der Waals surface area (Å²) in [5, 5.41) is 3.05. The lowest BCUT2D eigenvalue weighted by Crippen LogP contribution is -2.68. The Balaban J connectivity index is 1.61. The van der Waals surface area contributed by atoms with Crippen LogP contribution in [-0.2, 0) is 6.54 Å². The van der Waals surface area contributed by atoms with E-state index in [0.717, 1.165) is 17.9 Å². The van der Waals surface area contributed by atoms with E-state index in [0.29, 0.717) is 23.9 Å². The molecule has 1 unspecified atom stereocenters. The maximum absolute atomic E-state index is 12.5. The number of carbonyl (C=O) groups is 1. The summed E-state index contributed by atoms with van der Waals surface area (Å²) in [4.78, 5) is 14.5. The number of nitrogens with zero attached hydrogens (tertiary/aromatic N) is 1. The van der Waals surface area contributed by atoms with Crippen molar-refractivity contribution in [1.82, 2.24) is 10.2 Å². The van der Waals surface area contributed by atoms with Crippen LogP contribution in [0.5, 0.6) is 0 Å². The maximum Gasteiger partial charge on any atom is 0.317 e. The molecule has 0 aromatic carbocycles. The van der Waals surface area contributed by atoms with E-state index in [-0.39, 0.29) is 6.03 Å². The van der Waals surface area contributed by atoms with Crippen molar-refractivity contribution in [3.05, 3.63) is 23.7 Å². The third-order valence-corrected chi connectivity index (χ3v) is 5.34. The molecule has 1 atom stereocenters. The number of hydrogen-bond acceptors (Lipinski definition) is 2. The van der Waals surface area contributed by atoms with E-state index in [9.17, 15) is 4.79 Å². The molecule has 1 saturated heterocycles. The standard InChI is InChI=1S/C17H26N2O2/c1-12(2)15-17(7-4-5-8-17)11-19(15)16(20)18-10-14-6-9-21-13(14)3/h6,9,12,15H,4-5,7-8,10-11H2,1-3H3,(H,18,20). The number of amides is 2. The molecule has 0 radical (unpaired) electrons. The van der Waals surface area contributed by atoms with E-state index in [2.05, 4.69) is 19.2 Å². The second-order valence-electron chi connectivity index (χ2n) is 7.05. The number of aryl methyl sites for hydroxylation is 1. The molecule has 0 bridgehead atoms. The summed E-state index contributed by atoms with van der Waals surface area (Å²) in [6.45, 7) is 7.89. The molecule has 4 heteroatoms. The zero-order valence-corrected chi connectivity index (χ0v) is 13.3. The van der Waals surface area contributed by atoms with Gasteiger partial charge in [0, 0.05) is 30.1 Å². The van der Waals surface area contributed by atoms with E-state index < -0.39 is 0 Å². The molecule has 116 valence electrons. The minimum absolute atomic E-state index is 0.0758. The Morgan fingerprint density at radius 1 is 1.48 bits per heavy atom. The average Bonchev–Trinajstić information content (AvgIpc) is 3.03. The summed E-state index contributed by atoms with van der Waals surface area (Å²) >= 11 is 0. The molecule has 1 aromatic rings. The second-order valence-corrected chi connectivity index (χ2v) is 7.05. The number of carbonyl (C=O) groups excluding carboxylic acids is 1. The van der Waals surface area contributed by atoms with Gasteiger partial charge in [0.15, 0.2) is 0 Å². The van der Waals surface area contributed by atoms with Crippen molar-refractivity contribution in [3.63, 3.8) is 0 Å². The molecule has 2 aliphatic rings. The minimum atomic E-state index is 0.0758. The van der Waals surface area contributed by atoms with Crippen LogP contribution in [0.25, 0.3) is 0 Å². The number of furan rings is 1. The predicted molar refractivity (Wildman–Crippen MR) is 81.9 cm³/mol. The Kier molecular flexibility index (Phi) is 3.72. The van der Waals surface area contributed by atoms with Crippen LogP contribution in [0.3, 0.4) is 0 Å². The van der Waals surface area contributed by atoms with Crippen molar-refractivity contribution in [2.45, 2.75) is 59.0 Å². The largest absolute Gasteiger partial charge is 0.469 e. The van der Waals surface area contributed by atoms with E-state index in [4.69, 9.17) is 4.42 Å². The molecule has 1 aromatic heterocycles. The van der Waals surface area contributed by atoms with Crippen molar-refractivity contribution < 1.29 is 9.21 Å². The van der Waals surface area contributed by atoms with Gasteiger partial charge in [0.2, 0.25) is 0 Å². The average molecular weight is 290 g/mol.